The van der Waals surface area contributed by atoms with Crippen LogP contribution in [-0.2, 0) is 6.42 Å². The number of methoxy groups -OCH3 is 2. The number of fused-ring (bicyclic) bond motifs is 1. The van der Waals surface area contributed by atoms with Crippen molar-refractivity contribution in [2.75, 3.05) is 14.2 Å². The molecule has 0 spiro atoms. The lowest BCUT2D eigenvalue weighted by atomic mass is 10.0. The SMILES string of the molecule is COc1cc(OC)cc(C2=Cc3ccccc3C2)c1. The molecule has 2 heteroatoms. The van der Waals surface area contributed by atoms with Crippen molar-refractivity contribution in [2.24, 2.45) is 0 Å². The highest BCUT2D eigenvalue weighted by molar-refractivity contribution is 5.89. The molecule has 0 saturated heterocycles. The van der Waals surface area contributed by atoms with Crippen molar-refractivity contribution in [2.45, 2.75) is 6.42 Å². The van der Waals surface area contributed by atoms with E-state index in [1.807, 2.05) is 6.07 Å². The average molecular weight is 252 g/mol. The van der Waals surface area contributed by atoms with Gasteiger partial charge in [0.15, 0.2) is 0 Å². The van der Waals surface area contributed by atoms with E-state index in [2.05, 4.69) is 42.5 Å². The van der Waals surface area contributed by atoms with E-state index >= 15 is 0 Å². The van der Waals surface area contributed by atoms with Gasteiger partial charge in [-0.2, -0.15) is 0 Å². The van der Waals surface area contributed by atoms with Gasteiger partial charge in [0.2, 0.25) is 0 Å². The molecule has 0 saturated carbocycles. The van der Waals surface area contributed by atoms with Crippen LogP contribution in [0.2, 0.25) is 0 Å². The lowest BCUT2D eigenvalue weighted by Crippen LogP contribution is -1.91. The lowest BCUT2D eigenvalue weighted by Gasteiger charge is -2.09. The maximum absolute atomic E-state index is 5.33. The second-order valence-corrected chi connectivity index (χ2v) is 4.65. The first-order chi connectivity index (χ1) is 9.30. The fraction of sp³-hybridized carbons (Fsp3) is 0.176. The minimum absolute atomic E-state index is 0.825. The van der Waals surface area contributed by atoms with Gasteiger partial charge < -0.3 is 9.47 Å². The van der Waals surface area contributed by atoms with Gasteiger partial charge in [0, 0.05) is 6.07 Å². The van der Waals surface area contributed by atoms with E-state index in [1.54, 1.807) is 14.2 Å². The summed E-state index contributed by atoms with van der Waals surface area (Å²) < 4.78 is 10.7. The van der Waals surface area contributed by atoms with Crippen LogP contribution in [0.5, 0.6) is 11.5 Å². The third-order valence-electron chi connectivity index (χ3n) is 3.49. The third-order valence-corrected chi connectivity index (χ3v) is 3.49. The van der Waals surface area contributed by atoms with E-state index < -0.39 is 0 Å². The van der Waals surface area contributed by atoms with Gasteiger partial charge >= 0.3 is 0 Å². The van der Waals surface area contributed by atoms with Crippen LogP contribution in [0.3, 0.4) is 0 Å². The standard InChI is InChI=1S/C17H16O2/c1-18-16-9-15(10-17(11-16)19-2)14-7-12-5-3-4-6-13(12)8-14/h3-7,9-11H,8H2,1-2H3. The van der Waals surface area contributed by atoms with Gasteiger partial charge in [0.05, 0.1) is 14.2 Å². The minimum Gasteiger partial charge on any atom is -0.497 e. The van der Waals surface area contributed by atoms with Crippen LogP contribution in [0.15, 0.2) is 42.5 Å². The number of allylic oxidation sites excluding steroid dienone is 1. The van der Waals surface area contributed by atoms with Crippen LogP contribution in [0.4, 0.5) is 0 Å². The first-order valence-corrected chi connectivity index (χ1v) is 6.32. The summed E-state index contributed by atoms with van der Waals surface area (Å²) in [6.45, 7) is 0. The van der Waals surface area contributed by atoms with E-state index in [-0.39, 0.29) is 0 Å². The Morgan fingerprint density at radius 1 is 0.895 bits per heavy atom. The van der Waals surface area contributed by atoms with Crippen LogP contribution in [0, 0.1) is 0 Å². The summed E-state index contributed by atoms with van der Waals surface area (Å²) in [6.07, 6.45) is 3.20. The van der Waals surface area contributed by atoms with Gasteiger partial charge in [-0.25, -0.2) is 0 Å². The molecule has 0 fully saturated rings. The predicted molar refractivity (Wildman–Crippen MR) is 77.6 cm³/mol. The molecular formula is C17H16O2. The van der Waals surface area contributed by atoms with Crippen molar-refractivity contribution in [3.8, 4) is 11.5 Å². The summed E-state index contributed by atoms with van der Waals surface area (Å²) >= 11 is 0. The zero-order chi connectivity index (χ0) is 13.2. The molecule has 1 aliphatic rings. The summed E-state index contributed by atoms with van der Waals surface area (Å²) in [5.74, 6) is 1.65. The minimum atomic E-state index is 0.825. The van der Waals surface area contributed by atoms with E-state index in [9.17, 15) is 0 Å². The Balaban J connectivity index is 2.01. The Morgan fingerprint density at radius 2 is 1.58 bits per heavy atom. The molecule has 2 nitrogen and oxygen atoms in total. The van der Waals surface area contributed by atoms with Gasteiger partial charge in [-0.05, 0) is 40.8 Å². The van der Waals surface area contributed by atoms with Crippen LogP contribution in [0.1, 0.15) is 16.7 Å². The smallest absolute Gasteiger partial charge is 0.123 e. The Kier molecular flexibility index (Phi) is 3.00. The third kappa shape index (κ3) is 2.22. The lowest BCUT2D eigenvalue weighted by molar-refractivity contribution is 0.394. The quantitative estimate of drug-likeness (QED) is 0.827. The fourth-order valence-electron chi connectivity index (χ4n) is 2.46. The monoisotopic (exact) mass is 252 g/mol. The second-order valence-electron chi connectivity index (χ2n) is 4.65. The second kappa shape index (κ2) is 4.81. The van der Waals surface area contributed by atoms with E-state index in [0.29, 0.717) is 0 Å². The van der Waals surface area contributed by atoms with Crippen molar-refractivity contribution in [1.29, 1.82) is 0 Å². The zero-order valence-corrected chi connectivity index (χ0v) is 11.1. The predicted octanol–water partition coefficient (Wildman–Crippen LogP) is 3.80. The molecule has 0 N–H and O–H groups in total. The molecule has 2 aromatic carbocycles. The highest BCUT2D eigenvalue weighted by Crippen LogP contribution is 2.34. The maximum atomic E-state index is 5.33. The molecule has 2 aromatic rings. The number of ether oxygens (including phenoxy) is 2. The molecule has 96 valence electrons. The summed E-state index contributed by atoms with van der Waals surface area (Å²) in [4.78, 5) is 0. The molecule has 19 heavy (non-hydrogen) atoms. The highest BCUT2D eigenvalue weighted by Gasteiger charge is 2.14. The van der Waals surface area contributed by atoms with Crippen molar-refractivity contribution >= 4 is 11.6 Å². The molecular weight excluding hydrogens is 236 g/mol. The first-order valence-electron chi connectivity index (χ1n) is 6.32. The Hall–Kier alpha value is -2.22. The van der Waals surface area contributed by atoms with Gasteiger partial charge in [-0.3, -0.25) is 0 Å². The molecule has 0 atom stereocenters. The number of hydrogen-bond acceptors (Lipinski definition) is 2. The summed E-state index contributed by atoms with van der Waals surface area (Å²) in [5.41, 5.74) is 5.14. The molecule has 3 rings (SSSR count). The fourth-order valence-corrected chi connectivity index (χ4v) is 2.46. The number of hydrogen-bond donors (Lipinski definition) is 0. The molecule has 0 aromatic heterocycles. The molecule has 0 heterocycles. The van der Waals surface area contributed by atoms with Gasteiger partial charge in [-0.15, -0.1) is 0 Å². The van der Waals surface area contributed by atoms with Gasteiger partial charge in [0.1, 0.15) is 11.5 Å². The molecule has 0 amide bonds. The van der Waals surface area contributed by atoms with E-state index in [4.69, 9.17) is 9.47 Å². The summed E-state index contributed by atoms with van der Waals surface area (Å²) in [5, 5.41) is 0. The van der Waals surface area contributed by atoms with E-state index in [1.165, 1.54) is 16.7 Å². The van der Waals surface area contributed by atoms with Crippen LogP contribution >= 0.6 is 0 Å². The molecule has 0 aliphatic heterocycles. The van der Waals surface area contributed by atoms with Crippen molar-refractivity contribution < 1.29 is 9.47 Å². The largest absolute Gasteiger partial charge is 0.497 e. The van der Waals surface area contributed by atoms with Crippen LogP contribution in [-0.4, -0.2) is 14.2 Å². The normalized spacial score (nSPS) is 12.8. The van der Waals surface area contributed by atoms with Crippen molar-refractivity contribution in [1.82, 2.24) is 0 Å². The van der Waals surface area contributed by atoms with Crippen LogP contribution < -0.4 is 9.47 Å². The molecule has 0 radical (unpaired) electrons. The van der Waals surface area contributed by atoms with Crippen LogP contribution in [0.25, 0.3) is 11.6 Å². The topological polar surface area (TPSA) is 18.5 Å². The Labute approximate surface area is 113 Å². The zero-order valence-electron chi connectivity index (χ0n) is 11.1. The van der Waals surface area contributed by atoms with Crippen molar-refractivity contribution in [3.05, 3.63) is 59.2 Å². The number of benzene rings is 2. The molecule has 1 aliphatic carbocycles. The van der Waals surface area contributed by atoms with Gasteiger partial charge in [-0.1, -0.05) is 30.3 Å². The Bertz CT molecular complexity index is 619. The first kappa shape index (κ1) is 11.8. The van der Waals surface area contributed by atoms with Gasteiger partial charge in [0.25, 0.3) is 0 Å². The van der Waals surface area contributed by atoms with E-state index in [0.717, 1.165) is 23.5 Å². The summed E-state index contributed by atoms with van der Waals surface area (Å²) in [7, 11) is 3.35. The molecule has 0 unspecified atom stereocenters. The summed E-state index contributed by atoms with van der Waals surface area (Å²) in [6, 6.07) is 14.5. The maximum Gasteiger partial charge on any atom is 0.123 e. The highest BCUT2D eigenvalue weighted by atomic mass is 16.5. The number of rotatable bonds is 3. The molecule has 0 bridgehead atoms. The van der Waals surface area contributed by atoms with Crippen molar-refractivity contribution in [3.63, 3.8) is 0 Å². The average Bonchev–Trinajstić information content (AvgIpc) is 2.90. The Morgan fingerprint density at radius 3 is 2.21 bits per heavy atom.